The topological polar surface area (TPSA) is 53.7 Å². The molecule has 1 aliphatic rings. The fourth-order valence-electron chi connectivity index (χ4n) is 3.26. The lowest BCUT2D eigenvalue weighted by Crippen LogP contribution is -2.47. The lowest BCUT2D eigenvalue weighted by Gasteiger charge is -2.34. The summed E-state index contributed by atoms with van der Waals surface area (Å²) in [5.74, 6) is 0.000471. The second-order valence-corrected chi connectivity index (χ2v) is 6.86. The molecule has 1 aliphatic heterocycles. The van der Waals surface area contributed by atoms with Crippen molar-refractivity contribution < 1.29 is 4.79 Å². The predicted molar refractivity (Wildman–Crippen MR) is 105 cm³/mol. The molecule has 138 valence electrons. The van der Waals surface area contributed by atoms with Gasteiger partial charge in [0, 0.05) is 57.4 Å². The maximum absolute atomic E-state index is 12.5. The van der Waals surface area contributed by atoms with Crippen molar-refractivity contribution in [2.24, 2.45) is 0 Å². The van der Waals surface area contributed by atoms with E-state index in [0.29, 0.717) is 5.15 Å². The molecule has 0 unspecified atom stereocenters. The van der Waals surface area contributed by atoms with E-state index in [9.17, 15) is 4.79 Å². The van der Waals surface area contributed by atoms with E-state index in [1.807, 2.05) is 58.2 Å². The first kappa shape index (κ1) is 17.7. The van der Waals surface area contributed by atoms with Crippen molar-refractivity contribution in [3.05, 3.63) is 71.4 Å². The average Bonchev–Trinajstić information content (AvgIpc) is 3.02. The molecule has 1 amide bonds. The molecule has 0 bridgehead atoms. The Morgan fingerprint density at radius 1 is 1.11 bits per heavy atom. The number of hydrogen-bond donors (Lipinski definition) is 0. The third-order valence-electron chi connectivity index (χ3n) is 4.75. The summed E-state index contributed by atoms with van der Waals surface area (Å²) in [5.41, 5.74) is 2.73. The van der Waals surface area contributed by atoms with E-state index in [-0.39, 0.29) is 5.91 Å². The van der Waals surface area contributed by atoms with Crippen molar-refractivity contribution in [2.45, 2.75) is 6.54 Å². The summed E-state index contributed by atoms with van der Waals surface area (Å²) < 4.78 is 1.87. The third kappa shape index (κ3) is 4.02. The molecule has 0 N–H and O–H groups in total. The monoisotopic (exact) mass is 381 g/mol. The standard InChI is InChI=1S/C20H20ClN5O/c21-20-17(26-10-2-1-3-18(26)23-20)4-5-19(27)25-13-11-24(12-14-25)15-16-6-8-22-9-7-16/h1-10H,11-15H2/b5-4+. The smallest absolute Gasteiger partial charge is 0.246 e. The average molecular weight is 382 g/mol. The maximum atomic E-state index is 12.5. The Morgan fingerprint density at radius 3 is 2.67 bits per heavy atom. The first-order chi connectivity index (χ1) is 13.2. The Kier molecular flexibility index (Phi) is 5.18. The van der Waals surface area contributed by atoms with Crippen LogP contribution in [0.3, 0.4) is 0 Å². The number of fused-ring (bicyclic) bond motifs is 1. The van der Waals surface area contributed by atoms with Crippen molar-refractivity contribution in [2.75, 3.05) is 26.2 Å². The Balaban J connectivity index is 1.37. The van der Waals surface area contributed by atoms with E-state index in [2.05, 4.69) is 14.9 Å². The van der Waals surface area contributed by atoms with E-state index in [1.54, 1.807) is 12.2 Å². The number of halogens is 1. The van der Waals surface area contributed by atoms with E-state index in [4.69, 9.17) is 11.6 Å². The predicted octanol–water partition coefficient (Wildman–Crippen LogP) is 2.74. The molecule has 4 rings (SSSR count). The highest BCUT2D eigenvalue weighted by Crippen LogP contribution is 2.19. The van der Waals surface area contributed by atoms with Crippen LogP contribution in [0.4, 0.5) is 0 Å². The minimum absolute atomic E-state index is 0.000471. The van der Waals surface area contributed by atoms with Crippen molar-refractivity contribution in [1.29, 1.82) is 0 Å². The van der Waals surface area contributed by atoms with Gasteiger partial charge in [-0.3, -0.25) is 19.1 Å². The van der Waals surface area contributed by atoms with Gasteiger partial charge in [0.15, 0.2) is 5.15 Å². The van der Waals surface area contributed by atoms with Crippen LogP contribution >= 0.6 is 11.6 Å². The van der Waals surface area contributed by atoms with Gasteiger partial charge >= 0.3 is 0 Å². The van der Waals surface area contributed by atoms with E-state index in [1.165, 1.54) is 5.56 Å². The molecule has 3 aromatic rings. The Bertz CT molecular complexity index is 961. The minimum atomic E-state index is 0.000471. The summed E-state index contributed by atoms with van der Waals surface area (Å²) in [6.07, 6.45) is 8.83. The lowest BCUT2D eigenvalue weighted by atomic mass is 10.2. The van der Waals surface area contributed by atoms with Crippen LogP contribution in [-0.4, -0.2) is 56.3 Å². The fourth-order valence-corrected chi connectivity index (χ4v) is 3.50. The zero-order valence-electron chi connectivity index (χ0n) is 14.8. The summed E-state index contributed by atoms with van der Waals surface area (Å²) in [4.78, 5) is 25.1. The number of piperazine rings is 1. The minimum Gasteiger partial charge on any atom is -0.337 e. The van der Waals surface area contributed by atoms with Crippen LogP contribution < -0.4 is 0 Å². The maximum Gasteiger partial charge on any atom is 0.246 e. The van der Waals surface area contributed by atoms with Gasteiger partial charge in [0.1, 0.15) is 5.65 Å². The summed E-state index contributed by atoms with van der Waals surface area (Å²) in [7, 11) is 0. The summed E-state index contributed by atoms with van der Waals surface area (Å²) >= 11 is 6.21. The largest absolute Gasteiger partial charge is 0.337 e. The number of carbonyl (C=O) groups excluding carboxylic acids is 1. The van der Waals surface area contributed by atoms with Crippen LogP contribution in [0.25, 0.3) is 11.7 Å². The number of amides is 1. The van der Waals surface area contributed by atoms with Crippen LogP contribution in [-0.2, 0) is 11.3 Å². The second-order valence-electron chi connectivity index (χ2n) is 6.51. The Labute approximate surface area is 162 Å². The summed E-state index contributed by atoms with van der Waals surface area (Å²) in [6, 6.07) is 9.75. The van der Waals surface area contributed by atoms with Crippen LogP contribution in [0.1, 0.15) is 11.3 Å². The van der Waals surface area contributed by atoms with Crippen LogP contribution in [0, 0.1) is 0 Å². The van der Waals surface area contributed by atoms with Crippen molar-refractivity contribution in [3.8, 4) is 0 Å². The van der Waals surface area contributed by atoms with Crippen LogP contribution in [0.15, 0.2) is 55.0 Å². The Hall–Kier alpha value is -2.70. The lowest BCUT2D eigenvalue weighted by molar-refractivity contribution is -0.127. The molecule has 0 saturated carbocycles. The molecule has 0 aromatic carbocycles. The van der Waals surface area contributed by atoms with E-state index < -0.39 is 0 Å². The second kappa shape index (κ2) is 7.90. The number of carbonyl (C=O) groups is 1. The number of aromatic nitrogens is 3. The highest BCUT2D eigenvalue weighted by molar-refractivity contribution is 6.31. The van der Waals surface area contributed by atoms with Crippen molar-refractivity contribution in [3.63, 3.8) is 0 Å². The van der Waals surface area contributed by atoms with Crippen LogP contribution in [0.5, 0.6) is 0 Å². The molecular weight excluding hydrogens is 362 g/mol. The van der Waals surface area contributed by atoms with E-state index >= 15 is 0 Å². The highest BCUT2D eigenvalue weighted by atomic mass is 35.5. The molecule has 0 aliphatic carbocycles. The normalized spacial score (nSPS) is 15.7. The van der Waals surface area contributed by atoms with Gasteiger partial charge in [-0.25, -0.2) is 4.98 Å². The fraction of sp³-hybridized carbons (Fsp3) is 0.250. The van der Waals surface area contributed by atoms with Gasteiger partial charge in [-0.15, -0.1) is 0 Å². The van der Waals surface area contributed by atoms with Gasteiger partial charge in [0.2, 0.25) is 5.91 Å². The zero-order chi connectivity index (χ0) is 18.6. The van der Waals surface area contributed by atoms with Gasteiger partial charge in [-0.05, 0) is 35.9 Å². The molecular formula is C20H20ClN5O. The van der Waals surface area contributed by atoms with Crippen molar-refractivity contribution in [1.82, 2.24) is 24.2 Å². The van der Waals surface area contributed by atoms with Gasteiger partial charge in [-0.2, -0.15) is 0 Å². The molecule has 27 heavy (non-hydrogen) atoms. The van der Waals surface area contributed by atoms with Gasteiger partial charge < -0.3 is 4.90 Å². The summed E-state index contributed by atoms with van der Waals surface area (Å²) in [5, 5.41) is 0.396. The number of nitrogens with zero attached hydrogens (tertiary/aromatic N) is 5. The first-order valence-electron chi connectivity index (χ1n) is 8.91. The number of hydrogen-bond acceptors (Lipinski definition) is 4. The number of pyridine rings is 2. The molecule has 6 nitrogen and oxygen atoms in total. The highest BCUT2D eigenvalue weighted by Gasteiger charge is 2.19. The molecule has 3 aromatic heterocycles. The van der Waals surface area contributed by atoms with Crippen LogP contribution in [0.2, 0.25) is 5.15 Å². The molecule has 0 radical (unpaired) electrons. The molecule has 7 heteroatoms. The van der Waals surface area contributed by atoms with Crippen molar-refractivity contribution >= 4 is 29.2 Å². The molecule has 0 spiro atoms. The third-order valence-corrected chi connectivity index (χ3v) is 5.02. The molecule has 4 heterocycles. The van der Waals surface area contributed by atoms with Gasteiger partial charge in [0.05, 0.1) is 5.69 Å². The molecule has 0 atom stereocenters. The number of rotatable bonds is 4. The first-order valence-corrected chi connectivity index (χ1v) is 9.29. The van der Waals surface area contributed by atoms with Gasteiger partial charge in [-0.1, -0.05) is 17.7 Å². The van der Waals surface area contributed by atoms with Gasteiger partial charge in [0.25, 0.3) is 0 Å². The zero-order valence-corrected chi connectivity index (χ0v) is 15.6. The summed E-state index contributed by atoms with van der Waals surface area (Å²) in [6.45, 7) is 4.04. The molecule has 1 fully saturated rings. The quantitative estimate of drug-likeness (QED) is 0.652. The Morgan fingerprint density at radius 2 is 1.89 bits per heavy atom. The van der Waals surface area contributed by atoms with E-state index in [0.717, 1.165) is 44.1 Å². The SMILES string of the molecule is O=C(/C=C/c1c(Cl)nc2ccccn12)N1CCN(Cc2ccncc2)CC1. The molecule has 1 saturated heterocycles. The number of imidazole rings is 1.